The number of nitrogens with one attached hydrogen (secondary N) is 2. The van der Waals surface area contributed by atoms with E-state index >= 15 is 0 Å². The van der Waals surface area contributed by atoms with Crippen LogP contribution in [0.5, 0.6) is 5.75 Å². The maximum atomic E-state index is 11.7. The van der Waals surface area contributed by atoms with E-state index in [9.17, 15) is 14.9 Å². The van der Waals surface area contributed by atoms with E-state index < -0.39 is 4.92 Å². The molecule has 1 aromatic heterocycles. The number of rotatable bonds is 7. The Bertz CT molecular complexity index is 658. The summed E-state index contributed by atoms with van der Waals surface area (Å²) in [6, 6.07) is 8.11. The lowest BCUT2D eigenvalue weighted by Gasteiger charge is -2.09. The second-order valence-corrected chi connectivity index (χ2v) is 5.25. The van der Waals surface area contributed by atoms with Crippen LogP contribution in [0.4, 0.5) is 11.4 Å². The van der Waals surface area contributed by atoms with Crippen molar-refractivity contribution in [1.29, 1.82) is 0 Å². The van der Waals surface area contributed by atoms with Gasteiger partial charge < -0.3 is 15.4 Å². The minimum absolute atomic E-state index is 0.0842. The third-order valence-electron chi connectivity index (χ3n) is 2.86. The van der Waals surface area contributed by atoms with Gasteiger partial charge in [0.05, 0.1) is 16.9 Å². The van der Waals surface area contributed by atoms with E-state index in [1.54, 1.807) is 18.2 Å². The van der Waals surface area contributed by atoms with Crippen LogP contribution >= 0.6 is 11.3 Å². The van der Waals surface area contributed by atoms with Gasteiger partial charge in [-0.1, -0.05) is 6.07 Å². The van der Waals surface area contributed by atoms with Gasteiger partial charge in [-0.05, 0) is 17.5 Å². The van der Waals surface area contributed by atoms with Crippen molar-refractivity contribution in [3.8, 4) is 5.75 Å². The van der Waals surface area contributed by atoms with Crippen molar-refractivity contribution in [2.75, 3.05) is 25.5 Å². The summed E-state index contributed by atoms with van der Waals surface area (Å²) in [5.74, 6) is 0.0794. The largest absolute Gasteiger partial charge is 0.490 e. The summed E-state index contributed by atoms with van der Waals surface area (Å²) in [7, 11) is 1.38. The molecule has 0 aliphatic rings. The summed E-state index contributed by atoms with van der Waals surface area (Å²) in [6.45, 7) is 0.939. The minimum atomic E-state index is -0.496. The third kappa shape index (κ3) is 3.95. The van der Waals surface area contributed by atoms with Gasteiger partial charge in [0.15, 0.2) is 5.75 Å². The highest BCUT2D eigenvalue weighted by Crippen LogP contribution is 2.29. The Morgan fingerprint density at radius 2 is 2.18 bits per heavy atom. The molecule has 1 amide bonds. The van der Waals surface area contributed by atoms with Crippen LogP contribution in [0.3, 0.4) is 0 Å². The number of amides is 1. The van der Waals surface area contributed by atoms with E-state index in [2.05, 4.69) is 10.6 Å². The van der Waals surface area contributed by atoms with E-state index in [1.165, 1.54) is 24.5 Å². The minimum Gasteiger partial charge on any atom is -0.490 e. The Hall–Kier alpha value is -2.61. The Morgan fingerprint density at radius 3 is 2.82 bits per heavy atom. The van der Waals surface area contributed by atoms with Gasteiger partial charge in [-0.2, -0.15) is 0 Å². The first kappa shape index (κ1) is 15.8. The summed E-state index contributed by atoms with van der Waals surface area (Å²) in [6.07, 6.45) is 0. The number of nitrogens with zero attached hydrogens (tertiary/aromatic N) is 1. The van der Waals surface area contributed by atoms with E-state index in [0.29, 0.717) is 23.7 Å². The highest BCUT2D eigenvalue weighted by Gasteiger charge is 2.14. The zero-order valence-corrected chi connectivity index (χ0v) is 12.7. The summed E-state index contributed by atoms with van der Waals surface area (Å²) < 4.78 is 4.99. The second-order valence-electron chi connectivity index (χ2n) is 4.30. The fourth-order valence-electron chi connectivity index (χ4n) is 1.82. The number of carbonyl (C=O) groups excluding carboxylic acids is 1. The highest BCUT2D eigenvalue weighted by molar-refractivity contribution is 7.12. The SMILES string of the molecule is COc1cc(NCCNC(=O)c2cccs2)ccc1[N+](=O)[O-]. The van der Waals surface area contributed by atoms with E-state index in [-0.39, 0.29) is 17.3 Å². The fraction of sp³-hybridized carbons (Fsp3) is 0.214. The van der Waals surface area contributed by atoms with Gasteiger partial charge in [-0.25, -0.2) is 0 Å². The summed E-state index contributed by atoms with van der Waals surface area (Å²) in [5.41, 5.74) is 0.604. The molecule has 2 N–H and O–H groups in total. The Kier molecular flexibility index (Phi) is 5.31. The van der Waals surface area contributed by atoms with Crippen LogP contribution in [0.25, 0.3) is 0 Å². The number of carbonyl (C=O) groups is 1. The maximum absolute atomic E-state index is 11.7. The number of benzene rings is 1. The van der Waals surface area contributed by atoms with Crippen molar-refractivity contribution in [3.05, 3.63) is 50.7 Å². The zero-order valence-electron chi connectivity index (χ0n) is 11.9. The maximum Gasteiger partial charge on any atom is 0.311 e. The smallest absolute Gasteiger partial charge is 0.311 e. The molecule has 0 aliphatic heterocycles. The molecule has 0 atom stereocenters. The van der Waals surface area contributed by atoms with Crippen molar-refractivity contribution < 1.29 is 14.5 Å². The second kappa shape index (κ2) is 7.41. The van der Waals surface area contributed by atoms with Crippen LogP contribution in [0.2, 0.25) is 0 Å². The molecule has 8 heteroatoms. The van der Waals surface area contributed by atoms with Gasteiger partial charge in [-0.15, -0.1) is 11.3 Å². The molecule has 0 fully saturated rings. The topological polar surface area (TPSA) is 93.5 Å². The molecule has 116 valence electrons. The Labute approximate surface area is 131 Å². The molecule has 1 aromatic carbocycles. The molecule has 0 saturated carbocycles. The first-order valence-corrected chi connectivity index (χ1v) is 7.38. The number of nitro benzene ring substituents is 1. The zero-order chi connectivity index (χ0) is 15.9. The van der Waals surface area contributed by atoms with Gasteiger partial charge >= 0.3 is 5.69 Å². The average molecular weight is 321 g/mol. The number of anilines is 1. The summed E-state index contributed by atoms with van der Waals surface area (Å²) in [5, 5.41) is 18.5. The predicted molar refractivity (Wildman–Crippen MR) is 84.8 cm³/mol. The quantitative estimate of drug-likeness (QED) is 0.464. The number of thiophene rings is 1. The lowest BCUT2D eigenvalue weighted by atomic mass is 10.2. The molecule has 0 spiro atoms. The summed E-state index contributed by atoms with van der Waals surface area (Å²) in [4.78, 5) is 22.7. The molecular formula is C14H15N3O4S. The third-order valence-corrected chi connectivity index (χ3v) is 3.73. The van der Waals surface area contributed by atoms with Crippen LogP contribution in [-0.4, -0.2) is 31.0 Å². The molecule has 0 radical (unpaired) electrons. The van der Waals surface area contributed by atoms with Gasteiger partial charge in [0.1, 0.15) is 0 Å². The van der Waals surface area contributed by atoms with Gasteiger partial charge in [0.25, 0.3) is 5.91 Å². The molecule has 2 aromatic rings. The number of nitro groups is 1. The molecule has 7 nitrogen and oxygen atoms in total. The molecule has 0 bridgehead atoms. The first-order valence-electron chi connectivity index (χ1n) is 6.50. The van der Waals surface area contributed by atoms with Crippen molar-refractivity contribution in [2.24, 2.45) is 0 Å². The molecule has 0 unspecified atom stereocenters. The molecule has 1 heterocycles. The van der Waals surface area contributed by atoms with E-state index in [4.69, 9.17) is 4.74 Å². The van der Waals surface area contributed by atoms with Crippen LogP contribution < -0.4 is 15.4 Å². The predicted octanol–water partition coefficient (Wildman–Crippen LogP) is 2.51. The molecular weight excluding hydrogens is 306 g/mol. The van der Waals surface area contributed by atoms with Crippen LogP contribution in [0.1, 0.15) is 9.67 Å². The van der Waals surface area contributed by atoms with Crippen LogP contribution in [-0.2, 0) is 0 Å². The van der Waals surface area contributed by atoms with Crippen molar-refractivity contribution >= 4 is 28.6 Å². The van der Waals surface area contributed by atoms with Crippen molar-refractivity contribution in [3.63, 3.8) is 0 Å². The van der Waals surface area contributed by atoms with Crippen LogP contribution in [0, 0.1) is 10.1 Å². The normalized spacial score (nSPS) is 10.0. The summed E-state index contributed by atoms with van der Waals surface area (Å²) >= 11 is 1.38. The van der Waals surface area contributed by atoms with Gasteiger partial charge in [0.2, 0.25) is 0 Å². The monoisotopic (exact) mass is 321 g/mol. The number of hydrogen-bond acceptors (Lipinski definition) is 6. The Balaban J connectivity index is 1.84. The van der Waals surface area contributed by atoms with E-state index in [1.807, 2.05) is 11.4 Å². The lowest BCUT2D eigenvalue weighted by molar-refractivity contribution is -0.385. The number of ether oxygens (including phenoxy) is 1. The fourth-order valence-corrected chi connectivity index (χ4v) is 2.46. The number of methoxy groups -OCH3 is 1. The van der Waals surface area contributed by atoms with Crippen molar-refractivity contribution in [2.45, 2.75) is 0 Å². The van der Waals surface area contributed by atoms with Crippen LogP contribution in [0.15, 0.2) is 35.7 Å². The lowest BCUT2D eigenvalue weighted by Crippen LogP contribution is -2.28. The molecule has 22 heavy (non-hydrogen) atoms. The van der Waals surface area contributed by atoms with Crippen molar-refractivity contribution in [1.82, 2.24) is 5.32 Å². The van der Waals surface area contributed by atoms with Gasteiger partial charge in [-0.3, -0.25) is 14.9 Å². The highest BCUT2D eigenvalue weighted by atomic mass is 32.1. The average Bonchev–Trinajstić information content (AvgIpc) is 3.05. The Morgan fingerprint density at radius 1 is 1.36 bits per heavy atom. The standard InChI is InChI=1S/C14H15N3O4S/c1-21-12-9-10(4-5-11(12)17(19)20)15-6-7-16-14(18)13-3-2-8-22-13/h2-5,8-9,15H,6-7H2,1H3,(H,16,18). The molecule has 2 rings (SSSR count). The number of hydrogen-bond donors (Lipinski definition) is 2. The van der Waals surface area contributed by atoms with E-state index in [0.717, 1.165) is 0 Å². The molecule has 0 aliphatic carbocycles. The van der Waals surface area contributed by atoms with Gasteiger partial charge in [0, 0.05) is 30.9 Å². The first-order chi connectivity index (χ1) is 10.6. The molecule has 0 saturated heterocycles.